The van der Waals surface area contributed by atoms with Crippen molar-refractivity contribution in [2.24, 2.45) is 11.8 Å². The molecule has 2 aliphatic heterocycles. The largest absolute Gasteiger partial charge is 0.298 e. The second-order valence-electron chi connectivity index (χ2n) is 7.07. The Hall–Kier alpha value is -0.910. The number of sulfonamides is 1. The Bertz CT molecular complexity index is 625. The van der Waals surface area contributed by atoms with Gasteiger partial charge in [-0.05, 0) is 30.9 Å². The summed E-state index contributed by atoms with van der Waals surface area (Å²) in [6.07, 6.45) is 5.47. The Kier molecular flexibility index (Phi) is 3.75. The lowest BCUT2D eigenvalue weighted by molar-refractivity contribution is 0.0365. The van der Waals surface area contributed by atoms with Crippen LogP contribution in [0.25, 0.3) is 0 Å². The van der Waals surface area contributed by atoms with Crippen LogP contribution in [-0.2, 0) is 10.0 Å². The lowest BCUT2D eigenvalue weighted by Gasteiger charge is -2.44. The molecule has 1 aromatic carbocycles. The highest BCUT2D eigenvalue weighted by atomic mass is 32.2. The minimum atomic E-state index is -3.31. The van der Waals surface area contributed by atoms with Crippen molar-refractivity contribution in [3.05, 3.63) is 30.3 Å². The molecule has 2 atom stereocenters. The molecule has 2 saturated heterocycles. The molecule has 3 aliphatic rings. The molecule has 1 saturated carbocycles. The maximum Gasteiger partial charge on any atom is 0.243 e. The molecule has 0 N–H and O–H groups in total. The molecule has 1 aliphatic carbocycles. The summed E-state index contributed by atoms with van der Waals surface area (Å²) in [6.45, 7) is 3.64. The molecular formula is C17H24N2O2S. The van der Waals surface area contributed by atoms with Gasteiger partial charge in [-0.2, -0.15) is 4.31 Å². The highest BCUT2D eigenvalue weighted by molar-refractivity contribution is 7.89. The standard InChI is InChI=1S/C17H24N2O2S/c20-22(21,16-8-2-1-3-9-16)19-12-15-11-18(17(15)13-19)10-14-6-4-5-7-14/h1-3,8-9,14-15,17H,4-7,10-13H2/t15-,17+/m1/s1. The molecule has 2 heterocycles. The van der Waals surface area contributed by atoms with E-state index < -0.39 is 10.0 Å². The molecule has 0 unspecified atom stereocenters. The molecule has 120 valence electrons. The first kappa shape index (κ1) is 14.7. The van der Waals surface area contributed by atoms with Crippen molar-refractivity contribution in [3.63, 3.8) is 0 Å². The van der Waals surface area contributed by atoms with Gasteiger partial charge in [-0.15, -0.1) is 0 Å². The Morgan fingerprint density at radius 1 is 1.00 bits per heavy atom. The van der Waals surface area contributed by atoms with E-state index in [0.717, 1.165) is 12.5 Å². The van der Waals surface area contributed by atoms with Gasteiger partial charge in [0.25, 0.3) is 0 Å². The summed E-state index contributed by atoms with van der Waals surface area (Å²) in [5.74, 6) is 1.39. The van der Waals surface area contributed by atoms with Gasteiger partial charge in [-0.3, -0.25) is 4.90 Å². The van der Waals surface area contributed by atoms with Crippen LogP contribution in [-0.4, -0.2) is 49.8 Å². The number of fused-ring (bicyclic) bond motifs is 1. The van der Waals surface area contributed by atoms with Crippen LogP contribution in [0.15, 0.2) is 35.2 Å². The zero-order valence-electron chi connectivity index (χ0n) is 12.9. The third-order valence-electron chi connectivity index (χ3n) is 5.66. The molecular weight excluding hydrogens is 296 g/mol. The Morgan fingerprint density at radius 2 is 1.73 bits per heavy atom. The molecule has 0 amide bonds. The zero-order valence-corrected chi connectivity index (χ0v) is 13.7. The number of hydrogen-bond acceptors (Lipinski definition) is 3. The fourth-order valence-electron chi connectivity index (χ4n) is 4.38. The van der Waals surface area contributed by atoms with E-state index >= 15 is 0 Å². The first-order valence-corrected chi connectivity index (χ1v) is 9.88. The van der Waals surface area contributed by atoms with Crippen molar-refractivity contribution in [1.29, 1.82) is 0 Å². The van der Waals surface area contributed by atoms with Crippen molar-refractivity contribution >= 4 is 10.0 Å². The smallest absolute Gasteiger partial charge is 0.243 e. The van der Waals surface area contributed by atoms with E-state index in [2.05, 4.69) is 4.90 Å². The molecule has 22 heavy (non-hydrogen) atoms. The zero-order chi connectivity index (χ0) is 15.2. The van der Waals surface area contributed by atoms with E-state index in [-0.39, 0.29) is 0 Å². The Morgan fingerprint density at radius 3 is 2.45 bits per heavy atom. The molecule has 5 heteroatoms. The van der Waals surface area contributed by atoms with Crippen LogP contribution in [0.2, 0.25) is 0 Å². The van der Waals surface area contributed by atoms with Crippen LogP contribution >= 0.6 is 0 Å². The van der Waals surface area contributed by atoms with Gasteiger partial charge in [-0.25, -0.2) is 8.42 Å². The van der Waals surface area contributed by atoms with Gasteiger partial charge in [0, 0.05) is 38.1 Å². The minimum Gasteiger partial charge on any atom is -0.298 e. The maximum atomic E-state index is 12.7. The fraction of sp³-hybridized carbons (Fsp3) is 0.647. The lowest BCUT2D eigenvalue weighted by atomic mass is 9.90. The maximum absolute atomic E-state index is 12.7. The average molecular weight is 320 g/mol. The normalized spacial score (nSPS) is 30.4. The van der Waals surface area contributed by atoms with Crippen molar-refractivity contribution in [3.8, 4) is 0 Å². The van der Waals surface area contributed by atoms with E-state index in [1.54, 1.807) is 28.6 Å². The summed E-state index contributed by atoms with van der Waals surface area (Å²) in [7, 11) is -3.31. The van der Waals surface area contributed by atoms with Gasteiger partial charge in [0.05, 0.1) is 4.90 Å². The van der Waals surface area contributed by atoms with E-state index in [1.807, 2.05) is 6.07 Å². The quantitative estimate of drug-likeness (QED) is 0.854. The summed E-state index contributed by atoms with van der Waals surface area (Å²) < 4.78 is 27.1. The first-order valence-electron chi connectivity index (χ1n) is 8.44. The summed E-state index contributed by atoms with van der Waals surface area (Å²) in [6, 6.07) is 9.31. The SMILES string of the molecule is O=S(=O)(c1ccccc1)N1C[C@H]2CN(CC3CCCC3)[C@H]2C1. The first-order chi connectivity index (χ1) is 10.6. The number of likely N-dealkylation sites (tertiary alicyclic amines) is 1. The Labute approximate surface area is 133 Å². The Balaban J connectivity index is 1.42. The van der Waals surface area contributed by atoms with Crippen molar-refractivity contribution in [2.75, 3.05) is 26.2 Å². The van der Waals surface area contributed by atoms with E-state index in [9.17, 15) is 8.42 Å². The number of nitrogens with zero attached hydrogens (tertiary/aromatic N) is 2. The molecule has 0 aromatic heterocycles. The number of hydrogen-bond donors (Lipinski definition) is 0. The van der Waals surface area contributed by atoms with Gasteiger partial charge in [0.1, 0.15) is 0 Å². The number of rotatable bonds is 4. The third-order valence-corrected chi connectivity index (χ3v) is 7.51. The summed E-state index contributed by atoms with van der Waals surface area (Å²) in [5.41, 5.74) is 0. The van der Waals surface area contributed by atoms with Crippen LogP contribution in [0, 0.1) is 11.8 Å². The summed E-state index contributed by atoms with van der Waals surface area (Å²) in [5, 5.41) is 0. The molecule has 0 spiro atoms. The molecule has 1 aromatic rings. The van der Waals surface area contributed by atoms with Crippen molar-refractivity contribution in [2.45, 2.75) is 36.6 Å². The van der Waals surface area contributed by atoms with Crippen molar-refractivity contribution < 1.29 is 8.42 Å². The second-order valence-corrected chi connectivity index (χ2v) is 9.00. The van der Waals surface area contributed by atoms with Crippen LogP contribution in [0.3, 0.4) is 0 Å². The molecule has 3 fully saturated rings. The van der Waals surface area contributed by atoms with E-state index in [0.29, 0.717) is 29.9 Å². The van der Waals surface area contributed by atoms with Crippen LogP contribution in [0.4, 0.5) is 0 Å². The van der Waals surface area contributed by atoms with Gasteiger partial charge in [0.15, 0.2) is 0 Å². The van der Waals surface area contributed by atoms with Crippen LogP contribution in [0.5, 0.6) is 0 Å². The predicted molar refractivity (Wildman–Crippen MR) is 86.0 cm³/mol. The molecule has 0 radical (unpaired) electrons. The molecule has 4 rings (SSSR count). The second kappa shape index (κ2) is 5.62. The number of benzene rings is 1. The molecule has 4 nitrogen and oxygen atoms in total. The summed E-state index contributed by atoms with van der Waals surface area (Å²) >= 11 is 0. The molecule has 0 bridgehead atoms. The van der Waals surface area contributed by atoms with Gasteiger partial charge >= 0.3 is 0 Å². The minimum absolute atomic E-state index is 0.429. The van der Waals surface area contributed by atoms with Crippen LogP contribution < -0.4 is 0 Å². The lowest BCUT2D eigenvalue weighted by Crippen LogP contribution is -2.56. The fourth-order valence-corrected chi connectivity index (χ4v) is 5.92. The van der Waals surface area contributed by atoms with Gasteiger partial charge < -0.3 is 0 Å². The average Bonchev–Trinajstić information content (AvgIpc) is 3.13. The van der Waals surface area contributed by atoms with Crippen LogP contribution in [0.1, 0.15) is 25.7 Å². The highest BCUT2D eigenvalue weighted by Gasteiger charge is 2.49. The predicted octanol–water partition coefficient (Wildman–Crippen LogP) is 2.18. The van der Waals surface area contributed by atoms with Crippen molar-refractivity contribution in [1.82, 2.24) is 9.21 Å². The third kappa shape index (κ3) is 2.49. The monoisotopic (exact) mass is 320 g/mol. The van der Waals surface area contributed by atoms with E-state index in [4.69, 9.17) is 0 Å². The highest BCUT2D eigenvalue weighted by Crippen LogP contribution is 2.37. The summed E-state index contributed by atoms with van der Waals surface area (Å²) in [4.78, 5) is 2.96. The van der Waals surface area contributed by atoms with E-state index in [1.165, 1.54) is 32.2 Å². The topological polar surface area (TPSA) is 40.6 Å². The van der Waals surface area contributed by atoms with Gasteiger partial charge in [0.2, 0.25) is 10.0 Å². The van der Waals surface area contributed by atoms with Gasteiger partial charge in [-0.1, -0.05) is 31.0 Å².